The molecule has 9 heteroatoms. The Labute approximate surface area is 128 Å². The van der Waals surface area contributed by atoms with Crippen LogP contribution in [0.4, 0.5) is 19.0 Å². The zero-order valence-corrected chi connectivity index (χ0v) is 12.6. The van der Waals surface area contributed by atoms with Gasteiger partial charge < -0.3 is 5.73 Å². The van der Waals surface area contributed by atoms with Crippen molar-refractivity contribution < 1.29 is 13.2 Å². The topological polar surface area (TPSA) is 56.7 Å². The maximum Gasteiger partial charge on any atom is 0.417 e. The van der Waals surface area contributed by atoms with Crippen molar-refractivity contribution in [2.45, 2.75) is 24.5 Å². The Kier molecular flexibility index (Phi) is 4.67. The highest BCUT2D eigenvalue weighted by Crippen LogP contribution is 2.32. The first-order chi connectivity index (χ1) is 9.82. The summed E-state index contributed by atoms with van der Waals surface area (Å²) in [4.78, 5) is 3.73. The van der Waals surface area contributed by atoms with E-state index in [0.717, 1.165) is 18.2 Å². The lowest BCUT2D eigenvalue weighted by atomic mass is 10.3. The second-order valence-corrected chi connectivity index (χ2v) is 5.72. The Hall–Kier alpha value is -1.41. The van der Waals surface area contributed by atoms with Gasteiger partial charge in [0.2, 0.25) is 0 Å². The molecule has 0 bridgehead atoms. The number of hydrogen-bond donors (Lipinski definition) is 1. The van der Waals surface area contributed by atoms with Gasteiger partial charge in [-0.15, -0.1) is 11.8 Å². The number of nitrogen functional groups attached to an aromatic ring is 1. The van der Waals surface area contributed by atoms with Gasteiger partial charge in [0.05, 0.1) is 10.6 Å². The molecule has 2 aromatic heterocycles. The fraction of sp³-hybridized carbons (Fsp3) is 0.333. The molecule has 0 aliphatic carbocycles. The Bertz CT molecular complexity index is 642. The molecule has 0 unspecified atom stereocenters. The highest BCUT2D eigenvalue weighted by Gasteiger charge is 2.32. The van der Waals surface area contributed by atoms with Crippen molar-refractivity contribution in [3.8, 4) is 5.82 Å². The zero-order valence-electron chi connectivity index (χ0n) is 11.0. The molecule has 0 fully saturated rings. The molecule has 0 saturated heterocycles. The van der Waals surface area contributed by atoms with Crippen LogP contribution in [-0.4, -0.2) is 20.5 Å². The van der Waals surface area contributed by atoms with Gasteiger partial charge in [-0.25, -0.2) is 4.98 Å². The standard InChI is InChI=1S/C12H12ClF3N4S/c1-2-3-21-10-5-9(17)20(19-10)11-8(13)4-7(6-18-11)12(14,15)16/h4-6H,2-3,17H2,1H3. The first-order valence-electron chi connectivity index (χ1n) is 6.04. The van der Waals surface area contributed by atoms with Crippen molar-refractivity contribution in [2.75, 3.05) is 11.5 Å². The van der Waals surface area contributed by atoms with Gasteiger partial charge in [-0.2, -0.15) is 23.0 Å². The number of alkyl halides is 3. The highest BCUT2D eigenvalue weighted by atomic mass is 35.5. The molecule has 4 nitrogen and oxygen atoms in total. The van der Waals surface area contributed by atoms with E-state index in [1.807, 2.05) is 6.92 Å². The summed E-state index contributed by atoms with van der Waals surface area (Å²) >= 11 is 7.37. The largest absolute Gasteiger partial charge is 0.417 e. The highest BCUT2D eigenvalue weighted by molar-refractivity contribution is 7.99. The van der Waals surface area contributed by atoms with Crippen molar-refractivity contribution in [1.82, 2.24) is 14.8 Å². The molecule has 2 N–H and O–H groups in total. The molecule has 2 rings (SSSR count). The molecule has 0 amide bonds. The summed E-state index contributed by atoms with van der Waals surface area (Å²) in [5.41, 5.74) is 4.89. The molecule has 0 radical (unpaired) electrons. The maximum atomic E-state index is 12.6. The summed E-state index contributed by atoms with van der Waals surface area (Å²) in [6.07, 6.45) is -2.81. The quantitative estimate of drug-likeness (QED) is 0.857. The number of thioether (sulfide) groups is 1. The fourth-order valence-electron chi connectivity index (χ4n) is 1.56. The van der Waals surface area contributed by atoms with Gasteiger partial charge in [0, 0.05) is 12.3 Å². The van der Waals surface area contributed by atoms with Gasteiger partial charge >= 0.3 is 6.18 Å². The SMILES string of the molecule is CCCSc1cc(N)n(-c2ncc(C(F)(F)F)cc2Cl)n1. The summed E-state index contributed by atoms with van der Waals surface area (Å²) in [6.45, 7) is 2.03. The van der Waals surface area contributed by atoms with Crippen molar-refractivity contribution in [3.63, 3.8) is 0 Å². The van der Waals surface area contributed by atoms with E-state index in [1.165, 1.54) is 16.4 Å². The van der Waals surface area contributed by atoms with Crippen LogP contribution in [0.5, 0.6) is 0 Å². The van der Waals surface area contributed by atoms with Crippen LogP contribution in [0.1, 0.15) is 18.9 Å². The Morgan fingerprint density at radius 2 is 2.10 bits per heavy atom. The minimum absolute atomic E-state index is 0.0746. The fourth-order valence-corrected chi connectivity index (χ4v) is 2.56. The lowest BCUT2D eigenvalue weighted by Gasteiger charge is -2.09. The average Bonchev–Trinajstić information content (AvgIpc) is 2.76. The van der Waals surface area contributed by atoms with E-state index in [0.29, 0.717) is 11.2 Å². The molecule has 0 spiro atoms. The number of anilines is 1. The van der Waals surface area contributed by atoms with Crippen LogP contribution in [-0.2, 0) is 6.18 Å². The predicted octanol–water partition coefficient (Wildman–Crippen LogP) is 4.02. The van der Waals surface area contributed by atoms with Crippen molar-refractivity contribution in [3.05, 3.63) is 28.9 Å². The van der Waals surface area contributed by atoms with Gasteiger partial charge in [0.25, 0.3) is 0 Å². The summed E-state index contributed by atoms with van der Waals surface area (Å²) in [5, 5.41) is 4.71. The van der Waals surface area contributed by atoms with Crippen molar-refractivity contribution in [2.24, 2.45) is 0 Å². The molecule has 114 valence electrons. The molecule has 2 aromatic rings. The third-order valence-electron chi connectivity index (χ3n) is 2.52. The molecule has 21 heavy (non-hydrogen) atoms. The second-order valence-electron chi connectivity index (χ2n) is 4.19. The van der Waals surface area contributed by atoms with Crippen molar-refractivity contribution in [1.29, 1.82) is 0 Å². The van der Waals surface area contributed by atoms with Crippen LogP contribution in [0.25, 0.3) is 5.82 Å². The van der Waals surface area contributed by atoms with Crippen LogP contribution >= 0.6 is 23.4 Å². The van der Waals surface area contributed by atoms with E-state index < -0.39 is 11.7 Å². The lowest BCUT2D eigenvalue weighted by Crippen LogP contribution is -2.09. The van der Waals surface area contributed by atoms with Gasteiger partial charge in [-0.1, -0.05) is 18.5 Å². The smallest absolute Gasteiger partial charge is 0.383 e. The van der Waals surface area contributed by atoms with Crippen LogP contribution in [0.2, 0.25) is 5.02 Å². The Morgan fingerprint density at radius 3 is 2.67 bits per heavy atom. The third-order valence-corrected chi connectivity index (χ3v) is 3.90. The van der Waals surface area contributed by atoms with E-state index in [-0.39, 0.29) is 16.7 Å². The number of nitrogens with zero attached hydrogens (tertiary/aromatic N) is 3. The van der Waals surface area contributed by atoms with E-state index >= 15 is 0 Å². The summed E-state index contributed by atoms with van der Waals surface area (Å²) in [5.74, 6) is 1.21. The zero-order chi connectivity index (χ0) is 15.6. The Balaban J connectivity index is 2.36. The molecule has 0 aromatic carbocycles. The maximum absolute atomic E-state index is 12.6. The lowest BCUT2D eigenvalue weighted by molar-refractivity contribution is -0.137. The van der Waals surface area contributed by atoms with Crippen LogP contribution in [0.15, 0.2) is 23.4 Å². The molecular formula is C12H12ClF3N4S. The second kappa shape index (κ2) is 6.15. The van der Waals surface area contributed by atoms with Crippen LogP contribution < -0.4 is 5.73 Å². The van der Waals surface area contributed by atoms with Crippen LogP contribution in [0.3, 0.4) is 0 Å². The first kappa shape index (κ1) is 16.0. The van der Waals surface area contributed by atoms with E-state index in [1.54, 1.807) is 6.07 Å². The summed E-state index contributed by atoms with van der Waals surface area (Å²) in [7, 11) is 0. The number of nitrogens with two attached hydrogens (primary N) is 1. The van der Waals surface area contributed by atoms with E-state index in [4.69, 9.17) is 17.3 Å². The minimum Gasteiger partial charge on any atom is -0.383 e. The van der Waals surface area contributed by atoms with E-state index in [2.05, 4.69) is 10.1 Å². The monoisotopic (exact) mass is 336 g/mol. The molecule has 0 aliphatic rings. The van der Waals surface area contributed by atoms with Gasteiger partial charge in [0.15, 0.2) is 5.82 Å². The van der Waals surface area contributed by atoms with Crippen LogP contribution in [0, 0.1) is 0 Å². The number of rotatable bonds is 4. The summed E-state index contributed by atoms with van der Waals surface area (Å²) < 4.78 is 39.0. The average molecular weight is 337 g/mol. The predicted molar refractivity (Wildman–Crippen MR) is 76.8 cm³/mol. The van der Waals surface area contributed by atoms with Crippen molar-refractivity contribution >= 4 is 29.2 Å². The normalized spacial score (nSPS) is 11.9. The number of hydrogen-bond acceptors (Lipinski definition) is 4. The molecule has 2 heterocycles. The number of aromatic nitrogens is 3. The van der Waals surface area contributed by atoms with Gasteiger partial charge in [-0.05, 0) is 18.2 Å². The van der Waals surface area contributed by atoms with E-state index in [9.17, 15) is 13.2 Å². The first-order valence-corrected chi connectivity index (χ1v) is 7.40. The van der Waals surface area contributed by atoms with Gasteiger partial charge in [0.1, 0.15) is 10.8 Å². The molecule has 0 saturated carbocycles. The van der Waals surface area contributed by atoms with Gasteiger partial charge in [-0.3, -0.25) is 0 Å². The third kappa shape index (κ3) is 3.62. The molecular weight excluding hydrogens is 325 g/mol. The molecule has 0 atom stereocenters. The number of pyridine rings is 1. The summed E-state index contributed by atoms with van der Waals surface area (Å²) in [6, 6.07) is 2.44. The minimum atomic E-state index is -4.49. The molecule has 0 aliphatic heterocycles. The number of halogens is 4. The Morgan fingerprint density at radius 1 is 1.38 bits per heavy atom.